The van der Waals surface area contributed by atoms with E-state index in [0.29, 0.717) is 11.3 Å². The summed E-state index contributed by atoms with van der Waals surface area (Å²) in [6, 6.07) is 10.3. The molecular formula is C17H12N2O6. The van der Waals surface area contributed by atoms with Crippen LogP contribution in [0.3, 0.4) is 0 Å². The number of nitro benzene ring substituents is 1. The molecule has 1 aromatic heterocycles. The van der Waals surface area contributed by atoms with E-state index in [0.717, 1.165) is 6.07 Å². The molecule has 0 unspecified atom stereocenters. The molecular weight excluding hydrogens is 328 g/mol. The van der Waals surface area contributed by atoms with Crippen molar-refractivity contribution in [3.05, 3.63) is 74.3 Å². The second-order valence-corrected chi connectivity index (χ2v) is 5.05. The smallest absolute Gasteiger partial charge is 0.362 e. The zero-order chi connectivity index (χ0) is 18.0. The standard InChI is InChI=1S/C17H12N2O6/c1-24-12-5-2-10(3-6-12)15(20)9-14-17(21)25-16-8-11(19(22)23)4-7-13(16)18-14/h2-9,20H,1H3. The third-order valence-electron chi connectivity index (χ3n) is 3.47. The quantitative estimate of drug-likeness (QED) is 0.440. The predicted molar refractivity (Wildman–Crippen MR) is 90.4 cm³/mol. The number of fused-ring (bicyclic) bond motifs is 1. The number of hydrogen-bond acceptors (Lipinski definition) is 7. The highest BCUT2D eigenvalue weighted by molar-refractivity contribution is 5.79. The van der Waals surface area contributed by atoms with Crippen molar-refractivity contribution in [2.75, 3.05) is 7.11 Å². The second kappa shape index (κ2) is 6.44. The molecule has 1 heterocycles. The fraction of sp³-hybridized carbons (Fsp3) is 0.0588. The maximum Gasteiger partial charge on any atom is 0.362 e. The summed E-state index contributed by atoms with van der Waals surface area (Å²) in [5, 5.41) is 20.9. The Balaban J connectivity index is 2.02. The molecule has 0 bridgehead atoms. The molecule has 8 heteroatoms. The summed E-state index contributed by atoms with van der Waals surface area (Å²) in [5.41, 5.74) is -0.408. The van der Waals surface area contributed by atoms with Gasteiger partial charge in [-0.15, -0.1) is 0 Å². The first-order valence-electron chi connectivity index (χ1n) is 7.12. The zero-order valence-corrected chi connectivity index (χ0v) is 13.0. The van der Waals surface area contributed by atoms with Gasteiger partial charge >= 0.3 is 5.63 Å². The number of ether oxygens (including phenoxy) is 1. The van der Waals surface area contributed by atoms with Crippen molar-refractivity contribution in [1.82, 2.24) is 4.98 Å². The predicted octanol–water partition coefficient (Wildman–Crippen LogP) is 3.16. The average Bonchev–Trinajstić information content (AvgIpc) is 2.61. The van der Waals surface area contributed by atoms with Gasteiger partial charge in [0.15, 0.2) is 11.3 Å². The molecule has 0 radical (unpaired) electrons. The van der Waals surface area contributed by atoms with Gasteiger partial charge in [-0.05, 0) is 30.3 Å². The summed E-state index contributed by atoms with van der Waals surface area (Å²) >= 11 is 0. The van der Waals surface area contributed by atoms with Gasteiger partial charge in [0.05, 0.1) is 18.1 Å². The molecule has 1 N–H and O–H groups in total. The maximum absolute atomic E-state index is 12.0. The van der Waals surface area contributed by atoms with Crippen LogP contribution in [0.1, 0.15) is 11.3 Å². The Kier molecular flexibility index (Phi) is 4.17. The molecule has 3 aromatic rings. The first kappa shape index (κ1) is 16.2. The minimum atomic E-state index is -0.812. The lowest BCUT2D eigenvalue weighted by Crippen LogP contribution is -2.06. The topological polar surface area (TPSA) is 116 Å². The van der Waals surface area contributed by atoms with Crippen LogP contribution in [0.25, 0.3) is 22.9 Å². The Morgan fingerprint density at radius 1 is 1.28 bits per heavy atom. The number of hydrogen-bond donors (Lipinski definition) is 1. The Bertz CT molecular complexity index is 1040. The summed E-state index contributed by atoms with van der Waals surface area (Å²) in [7, 11) is 1.53. The van der Waals surface area contributed by atoms with Crippen LogP contribution in [0, 0.1) is 10.1 Å². The Hall–Kier alpha value is -3.68. The summed E-state index contributed by atoms with van der Waals surface area (Å²) < 4.78 is 10.1. The van der Waals surface area contributed by atoms with Gasteiger partial charge in [0.2, 0.25) is 0 Å². The van der Waals surface area contributed by atoms with Gasteiger partial charge in [-0.25, -0.2) is 9.78 Å². The van der Waals surface area contributed by atoms with Gasteiger partial charge in [-0.1, -0.05) is 0 Å². The van der Waals surface area contributed by atoms with E-state index < -0.39 is 10.5 Å². The van der Waals surface area contributed by atoms with Crippen LogP contribution in [0.5, 0.6) is 5.75 Å². The summed E-state index contributed by atoms with van der Waals surface area (Å²) in [5.74, 6) is 0.449. The molecule has 0 aliphatic carbocycles. The van der Waals surface area contributed by atoms with E-state index >= 15 is 0 Å². The molecule has 0 fully saturated rings. The average molecular weight is 340 g/mol. The lowest BCUT2D eigenvalue weighted by atomic mass is 10.1. The SMILES string of the molecule is COc1ccc(C(O)=Cc2nc3ccc([N+](=O)[O-])cc3oc2=O)cc1. The van der Waals surface area contributed by atoms with Crippen molar-refractivity contribution in [2.45, 2.75) is 0 Å². The van der Waals surface area contributed by atoms with Gasteiger partial charge in [0, 0.05) is 17.7 Å². The largest absolute Gasteiger partial charge is 0.507 e. The number of benzene rings is 2. The summed E-state index contributed by atoms with van der Waals surface area (Å²) in [6.07, 6.45) is 1.18. The summed E-state index contributed by atoms with van der Waals surface area (Å²) in [6.45, 7) is 0. The lowest BCUT2D eigenvalue weighted by Gasteiger charge is -2.03. The van der Waals surface area contributed by atoms with Gasteiger partial charge in [0.25, 0.3) is 5.69 Å². The third-order valence-corrected chi connectivity index (χ3v) is 3.47. The van der Waals surface area contributed by atoms with Gasteiger partial charge in [0.1, 0.15) is 17.0 Å². The monoisotopic (exact) mass is 340 g/mol. The molecule has 0 saturated carbocycles. The Morgan fingerprint density at radius 3 is 2.64 bits per heavy atom. The molecule has 0 aliphatic heterocycles. The van der Waals surface area contributed by atoms with Crippen molar-refractivity contribution in [1.29, 1.82) is 0 Å². The van der Waals surface area contributed by atoms with Crippen LogP contribution < -0.4 is 10.4 Å². The van der Waals surface area contributed by atoms with E-state index in [1.807, 2.05) is 0 Å². The number of aliphatic hydroxyl groups is 1. The maximum atomic E-state index is 12.0. The Labute approximate surface area is 140 Å². The lowest BCUT2D eigenvalue weighted by molar-refractivity contribution is -0.384. The van der Waals surface area contributed by atoms with E-state index in [4.69, 9.17) is 9.15 Å². The normalized spacial score (nSPS) is 11.5. The van der Waals surface area contributed by atoms with Crippen LogP contribution in [0.4, 0.5) is 5.69 Å². The van der Waals surface area contributed by atoms with E-state index in [-0.39, 0.29) is 28.2 Å². The molecule has 126 valence electrons. The highest BCUT2D eigenvalue weighted by atomic mass is 16.6. The van der Waals surface area contributed by atoms with Crippen molar-refractivity contribution < 1.29 is 19.2 Å². The number of nitrogens with zero attached hydrogens (tertiary/aromatic N) is 2. The van der Waals surface area contributed by atoms with Crippen molar-refractivity contribution in [2.24, 2.45) is 0 Å². The van der Waals surface area contributed by atoms with Gasteiger partial charge < -0.3 is 14.3 Å². The first-order valence-corrected chi connectivity index (χ1v) is 7.12. The molecule has 25 heavy (non-hydrogen) atoms. The first-order chi connectivity index (χ1) is 12.0. The fourth-order valence-electron chi connectivity index (χ4n) is 2.18. The van der Waals surface area contributed by atoms with Crippen molar-refractivity contribution in [3.63, 3.8) is 0 Å². The number of non-ortho nitro benzene ring substituents is 1. The van der Waals surface area contributed by atoms with Crippen LogP contribution in [0.2, 0.25) is 0 Å². The molecule has 3 rings (SSSR count). The number of aromatic nitrogens is 1. The highest BCUT2D eigenvalue weighted by Gasteiger charge is 2.12. The van der Waals surface area contributed by atoms with Crippen LogP contribution in [0.15, 0.2) is 51.7 Å². The van der Waals surface area contributed by atoms with E-state index in [1.54, 1.807) is 24.3 Å². The minimum Gasteiger partial charge on any atom is -0.507 e. The van der Waals surface area contributed by atoms with Crippen molar-refractivity contribution >= 4 is 28.6 Å². The molecule has 0 spiro atoms. The number of aliphatic hydroxyl groups excluding tert-OH is 1. The van der Waals surface area contributed by atoms with Crippen molar-refractivity contribution in [3.8, 4) is 5.75 Å². The molecule has 0 amide bonds. The van der Waals surface area contributed by atoms with Crippen LogP contribution in [-0.2, 0) is 0 Å². The van der Waals surface area contributed by atoms with Gasteiger partial charge in [-0.3, -0.25) is 10.1 Å². The molecule has 0 aliphatic rings. The van der Waals surface area contributed by atoms with E-state index in [9.17, 15) is 20.0 Å². The molecule has 0 atom stereocenters. The minimum absolute atomic E-state index is 0.000266. The van der Waals surface area contributed by atoms with Gasteiger partial charge in [-0.2, -0.15) is 0 Å². The van der Waals surface area contributed by atoms with E-state index in [1.165, 1.54) is 25.3 Å². The molecule has 0 saturated heterocycles. The summed E-state index contributed by atoms with van der Waals surface area (Å²) in [4.78, 5) is 26.3. The highest BCUT2D eigenvalue weighted by Crippen LogP contribution is 2.21. The number of methoxy groups -OCH3 is 1. The third kappa shape index (κ3) is 3.32. The zero-order valence-electron chi connectivity index (χ0n) is 13.0. The van der Waals surface area contributed by atoms with Crippen LogP contribution >= 0.6 is 0 Å². The fourth-order valence-corrected chi connectivity index (χ4v) is 2.18. The second-order valence-electron chi connectivity index (χ2n) is 5.05. The molecule has 2 aromatic carbocycles. The van der Waals surface area contributed by atoms with E-state index in [2.05, 4.69) is 4.98 Å². The molecule has 8 nitrogen and oxygen atoms in total. The number of rotatable bonds is 4. The number of nitro groups is 1. The Morgan fingerprint density at radius 2 is 2.00 bits per heavy atom. The van der Waals surface area contributed by atoms with Crippen LogP contribution in [-0.4, -0.2) is 22.1 Å².